The van der Waals surface area contributed by atoms with Crippen molar-refractivity contribution in [3.05, 3.63) is 53.5 Å². The number of nitrogens with zero attached hydrogens (tertiary/aromatic N) is 3. The third kappa shape index (κ3) is 4.00. The van der Waals surface area contributed by atoms with Gasteiger partial charge in [-0.2, -0.15) is 0 Å². The lowest BCUT2D eigenvalue weighted by Gasteiger charge is -2.28. The number of ether oxygens (including phenoxy) is 1. The van der Waals surface area contributed by atoms with Gasteiger partial charge in [-0.3, -0.25) is 4.90 Å². The highest BCUT2D eigenvalue weighted by molar-refractivity contribution is 5.85. The Kier molecular flexibility index (Phi) is 6.95. The summed E-state index contributed by atoms with van der Waals surface area (Å²) in [5, 5.41) is 0. The molecule has 0 N–H and O–H groups in total. The molecule has 2 aliphatic heterocycles. The quantitative estimate of drug-likeness (QED) is 0.756. The molecular weight excluding hydrogens is 388 g/mol. The second kappa shape index (κ2) is 8.63. The summed E-state index contributed by atoms with van der Waals surface area (Å²) in [6.07, 6.45) is 0. The molecule has 0 unspecified atom stereocenters. The molecule has 0 amide bonds. The second-order valence-corrected chi connectivity index (χ2v) is 7.25. The van der Waals surface area contributed by atoms with Crippen molar-refractivity contribution in [3.8, 4) is 5.75 Å². The van der Waals surface area contributed by atoms with Gasteiger partial charge in [0.1, 0.15) is 5.82 Å². The van der Waals surface area contributed by atoms with Gasteiger partial charge in [-0.1, -0.05) is 12.1 Å². The van der Waals surface area contributed by atoms with Crippen LogP contribution in [0.2, 0.25) is 0 Å². The Morgan fingerprint density at radius 1 is 1.11 bits per heavy atom. The van der Waals surface area contributed by atoms with Gasteiger partial charge in [0.2, 0.25) is 0 Å². The van der Waals surface area contributed by atoms with E-state index < -0.39 is 0 Å². The van der Waals surface area contributed by atoms with Crippen LogP contribution in [0.25, 0.3) is 0 Å². The molecule has 0 radical (unpaired) electrons. The second-order valence-electron chi connectivity index (χ2n) is 7.25. The lowest BCUT2D eigenvalue weighted by molar-refractivity contribution is 0.279. The number of aromatic nitrogens is 1. The molecule has 3 atom stereocenters. The van der Waals surface area contributed by atoms with Crippen LogP contribution in [0, 0.1) is 24.6 Å². The number of anilines is 1. The lowest BCUT2D eigenvalue weighted by Crippen LogP contribution is -2.29. The molecule has 0 saturated carbocycles. The van der Waals surface area contributed by atoms with Crippen molar-refractivity contribution in [3.63, 3.8) is 0 Å². The molecule has 0 spiro atoms. The molecule has 4 nitrogen and oxygen atoms in total. The number of hydrogen-bond acceptors (Lipinski definition) is 4. The average molecular weight is 414 g/mol. The number of hydrogen-bond donors (Lipinski definition) is 0. The fourth-order valence-electron chi connectivity index (χ4n) is 4.54. The molecule has 148 valence electrons. The number of benzene rings is 1. The van der Waals surface area contributed by atoms with E-state index in [1.54, 1.807) is 13.2 Å². The highest BCUT2D eigenvalue weighted by atomic mass is 35.5. The Labute approximate surface area is 172 Å². The van der Waals surface area contributed by atoms with E-state index >= 15 is 0 Å². The number of aryl methyl sites for hydroxylation is 1. The fourth-order valence-corrected chi connectivity index (χ4v) is 4.54. The van der Waals surface area contributed by atoms with Crippen molar-refractivity contribution in [2.24, 2.45) is 11.8 Å². The van der Waals surface area contributed by atoms with E-state index in [4.69, 9.17) is 9.72 Å². The minimum Gasteiger partial charge on any atom is -0.493 e. The fraction of sp³-hybridized carbons (Fsp3) is 0.450. The number of halogens is 3. The van der Waals surface area contributed by atoms with Gasteiger partial charge < -0.3 is 9.64 Å². The molecule has 2 aromatic rings. The number of rotatable bonds is 3. The van der Waals surface area contributed by atoms with E-state index in [-0.39, 0.29) is 36.7 Å². The van der Waals surface area contributed by atoms with Gasteiger partial charge in [0.15, 0.2) is 11.6 Å². The normalized spacial score (nSPS) is 24.1. The third-order valence-electron chi connectivity index (χ3n) is 5.58. The van der Waals surface area contributed by atoms with E-state index in [1.807, 2.05) is 31.2 Å². The van der Waals surface area contributed by atoms with Crippen molar-refractivity contribution >= 4 is 30.6 Å². The van der Waals surface area contributed by atoms with Crippen LogP contribution in [-0.2, 0) is 0 Å². The molecule has 4 rings (SSSR count). The van der Waals surface area contributed by atoms with Crippen LogP contribution in [0.4, 0.5) is 10.2 Å². The first-order chi connectivity index (χ1) is 12.1. The maximum absolute atomic E-state index is 13.7. The zero-order valence-corrected chi connectivity index (χ0v) is 17.4. The standard InChI is InChI=1S/C20H24FN3O.2ClH/c1-13-7-8-18(25-3)20(22-13)24-11-15-10-23(2)19(17(15)12-24)14-5-4-6-16(21)9-14;;/h4-9,15,17,19H,10-12H2,1-3H3;2*1H/t15-,17+,19-;;/m0../s1. The Morgan fingerprint density at radius 2 is 1.89 bits per heavy atom. The highest BCUT2D eigenvalue weighted by Gasteiger charge is 2.46. The first-order valence-electron chi connectivity index (χ1n) is 8.79. The van der Waals surface area contributed by atoms with E-state index in [9.17, 15) is 4.39 Å². The number of fused-ring (bicyclic) bond motifs is 1. The van der Waals surface area contributed by atoms with Gasteiger partial charge in [-0.25, -0.2) is 9.37 Å². The lowest BCUT2D eigenvalue weighted by atomic mass is 9.89. The Bertz CT molecular complexity index is 792. The van der Waals surface area contributed by atoms with E-state index in [1.165, 1.54) is 6.07 Å². The molecule has 2 saturated heterocycles. The molecule has 7 heteroatoms. The van der Waals surface area contributed by atoms with Crippen molar-refractivity contribution < 1.29 is 9.13 Å². The minimum absolute atomic E-state index is 0. The smallest absolute Gasteiger partial charge is 0.171 e. The van der Waals surface area contributed by atoms with Crippen LogP contribution in [0.5, 0.6) is 5.75 Å². The van der Waals surface area contributed by atoms with E-state index in [0.717, 1.165) is 42.5 Å². The Balaban J connectivity index is 0.00000131. The zero-order valence-electron chi connectivity index (χ0n) is 15.8. The van der Waals surface area contributed by atoms with Crippen LogP contribution >= 0.6 is 24.8 Å². The summed E-state index contributed by atoms with van der Waals surface area (Å²) in [6, 6.07) is 11.3. The van der Waals surface area contributed by atoms with Gasteiger partial charge in [-0.05, 0) is 49.7 Å². The Hall–Kier alpha value is -1.56. The first kappa shape index (κ1) is 21.7. The van der Waals surface area contributed by atoms with Crippen molar-refractivity contribution in [2.75, 3.05) is 38.7 Å². The maximum atomic E-state index is 13.7. The summed E-state index contributed by atoms with van der Waals surface area (Å²) >= 11 is 0. The molecule has 27 heavy (non-hydrogen) atoms. The van der Waals surface area contributed by atoms with Crippen LogP contribution in [0.1, 0.15) is 17.3 Å². The number of methoxy groups -OCH3 is 1. The predicted molar refractivity (Wildman–Crippen MR) is 111 cm³/mol. The zero-order chi connectivity index (χ0) is 17.6. The molecule has 2 fully saturated rings. The third-order valence-corrected chi connectivity index (χ3v) is 5.58. The maximum Gasteiger partial charge on any atom is 0.171 e. The molecule has 1 aromatic heterocycles. The predicted octanol–water partition coefficient (Wildman–Crippen LogP) is 4.12. The van der Waals surface area contributed by atoms with Crippen molar-refractivity contribution in [2.45, 2.75) is 13.0 Å². The first-order valence-corrected chi connectivity index (χ1v) is 8.79. The van der Waals surface area contributed by atoms with Gasteiger partial charge >= 0.3 is 0 Å². The molecule has 3 heterocycles. The van der Waals surface area contributed by atoms with Crippen LogP contribution in [-0.4, -0.2) is 43.7 Å². The highest BCUT2D eigenvalue weighted by Crippen LogP contribution is 2.46. The summed E-state index contributed by atoms with van der Waals surface area (Å²) in [7, 11) is 3.83. The van der Waals surface area contributed by atoms with Gasteiger partial charge in [0, 0.05) is 37.3 Å². The largest absolute Gasteiger partial charge is 0.493 e. The van der Waals surface area contributed by atoms with E-state index in [2.05, 4.69) is 16.8 Å². The topological polar surface area (TPSA) is 28.6 Å². The summed E-state index contributed by atoms with van der Waals surface area (Å²) in [6.45, 7) is 4.91. The van der Waals surface area contributed by atoms with Crippen molar-refractivity contribution in [1.82, 2.24) is 9.88 Å². The summed E-state index contributed by atoms with van der Waals surface area (Å²) in [4.78, 5) is 9.41. The van der Waals surface area contributed by atoms with Gasteiger partial charge in [0.05, 0.1) is 7.11 Å². The summed E-state index contributed by atoms with van der Waals surface area (Å²) in [5.41, 5.74) is 2.06. The molecular formula is C20H26Cl2FN3O. The Morgan fingerprint density at radius 3 is 2.59 bits per heavy atom. The molecule has 1 aromatic carbocycles. The van der Waals surface area contributed by atoms with E-state index in [0.29, 0.717) is 11.8 Å². The monoisotopic (exact) mass is 413 g/mol. The SMILES string of the molecule is COc1ccc(C)nc1N1C[C@@H]2CN(C)[C@@H](c3cccc(F)c3)[C@@H]2C1.Cl.Cl. The van der Waals surface area contributed by atoms with Gasteiger partial charge in [0.25, 0.3) is 0 Å². The molecule has 0 aliphatic carbocycles. The van der Waals surface area contributed by atoms with Gasteiger partial charge in [-0.15, -0.1) is 24.8 Å². The summed E-state index contributed by atoms with van der Waals surface area (Å²) in [5.74, 6) is 2.62. The van der Waals surface area contributed by atoms with Crippen LogP contribution in [0.15, 0.2) is 36.4 Å². The number of likely N-dealkylation sites (tertiary alicyclic amines) is 1. The minimum atomic E-state index is -0.161. The average Bonchev–Trinajstić information content (AvgIpc) is 3.11. The molecule has 2 aliphatic rings. The van der Waals surface area contributed by atoms with Crippen LogP contribution in [0.3, 0.4) is 0 Å². The number of pyridine rings is 1. The molecule has 0 bridgehead atoms. The van der Waals surface area contributed by atoms with Crippen molar-refractivity contribution in [1.29, 1.82) is 0 Å². The summed E-state index contributed by atoms with van der Waals surface area (Å²) < 4.78 is 19.2. The van der Waals surface area contributed by atoms with Crippen LogP contribution < -0.4 is 9.64 Å².